The zero-order valence-electron chi connectivity index (χ0n) is 13.3. The van der Waals surface area contributed by atoms with Crippen molar-refractivity contribution in [2.24, 2.45) is 0 Å². The minimum Gasteiger partial charge on any atom is -0.364 e. The smallest absolute Gasteiger partial charge is 0.161 e. The molecular weight excluding hydrogens is 343 g/mol. The quantitative estimate of drug-likeness (QED) is 0.566. The van der Waals surface area contributed by atoms with Crippen LogP contribution in [0.1, 0.15) is 5.56 Å². The SMILES string of the molecule is Fc1cc(F)c(CNc2ccc3ncc(-c4ccncc4)n3n2)cc1F. The number of fused-ring (bicyclic) bond motifs is 1. The number of benzene rings is 1. The van der Waals surface area contributed by atoms with Crippen LogP contribution >= 0.6 is 0 Å². The van der Waals surface area contributed by atoms with Crippen molar-refractivity contribution in [3.05, 3.63) is 78.0 Å². The summed E-state index contributed by atoms with van der Waals surface area (Å²) in [6.07, 6.45) is 5.03. The molecule has 0 saturated carbocycles. The summed E-state index contributed by atoms with van der Waals surface area (Å²) in [7, 11) is 0. The first-order valence-electron chi connectivity index (χ1n) is 7.74. The number of pyridine rings is 1. The van der Waals surface area contributed by atoms with Gasteiger partial charge in [-0.15, -0.1) is 5.10 Å². The van der Waals surface area contributed by atoms with Gasteiger partial charge in [-0.2, -0.15) is 0 Å². The first-order valence-corrected chi connectivity index (χ1v) is 7.74. The average Bonchev–Trinajstić information content (AvgIpc) is 3.07. The second kappa shape index (κ2) is 6.47. The molecule has 1 aromatic carbocycles. The Bertz CT molecular complexity index is 1080. The molecule has 26 heavy (non-hydrogen) atoms. The van der Waals surface area contributed by atoms with Crippen LogP contribution in [0.15, 0.2) is 55.0 Å². The number of anilines is 1. The topological polar surface area (TPSA) is 55.1 Å². The number of halogens is 3. The molecule has 0 unspecified atom stereocenters. The van der Waals surface area contributed by atoms with Crippen molar-refractivity contribution in [2.75, 3.05) is 5.32 Å². The summed E-state index contributed by atoms with van der Waals surface area (Å²) >= 11 is 0. The lowest BCUT2D eigenvalue weighted by Gasteiger charge is -2.08. The van der Waals surface area contributed by atoms with E-state index >= 15 is 0 Å². The van der Waals surface area contributed by atoms with E-state index in [9.17, 15) is 13.2 Å². The molecule has 3 heterocycles. The maximum absolute atomic E-state index is 13.7. The number of imidazole rings is 1. The van der Waals surface area contributed by atoms with Crippen LogP contribution in [0, 0.1) is 17.5 Å². The monoisotopic (exact) mass is 355 g/mol. The molecule has 5 nitrogen and oxygen atoms in total. The van der Waals surface area contributed by atoms with Crippen molar-refractivity contribution in [3.63, 3.8) is 0 Å². The highest BCUT2D eigenvalue weighted by molar-refractivity contribution is 5.63. The number of aromatic nitrogens is 4. The van der Waals surface area contributed by atoms with Gasteiger partial charge in [0.2, 0.25) is 0 Å². The Hall–Kier alpha value is -3.42. The summed E-state index contributed by atoms with van der Waals surface area (Å²) in [4.78, 5) is 8.27. The molecule has 0 bridgehead atoms. The van der Waals surface area contributed by atoms with Gasteiger partial charge in [0.1, 0.15) is 11.6 Å². The Morgan fingerprint density at radius 1 is 0.923 bits per heavy atom. The van der Waals surface area contributed by atoms with Crippen molar-refractivity contribution in [2.45, 2.75) is 6.54 Å². The third-order valence-electron chi connectivity index (χ3n) is 3.89. The van der Waals surface area contributed by atoms with Gasteiger partial charge in [0, 0.05) is 36.1 Å². The number of nitrogens with zero attached hydrogens (tertiary/aromatic N) is 4. The predicted octanol–water partition coefficient (Wildman–Crippen LogP) is 3.82. The second-order valence-corrected chi connectivity index (χ2v) is 5.58. The minimum absolute atomic E-state index is 0.00536. The Morgan fingerprint density at radius 2 is 1.69 bits per heavy atom. The maximum atomic E-state index is 13.7. The van der Waals surface area contributed by atoms with Crippen molar-refractivity contribution < 1.29 is 13.2 Å². The molecule has 0 aliphatic rings. The van der Waals surface area contributed by atoms with Crippen molar-refractivity contribution in [1.82, 2.24) is 19.6 Å². The van der Waals surface area contributed by atoms with E-state index in [-0.39, 0.29) is 12.1 Å². The first-order chi connectivity index (χ1) is 12.6. The van der Waals surface area contributed by atoms with Crippen LogP contribution in [0.5, 0.6) is 0 Å². The molecule has 3 aromatic heterocycles. The average molecular weight is 355 g/mol. The number of hydrogen-bond donors (Lipinski definition) is 1. The Kier molecular flexibility index (Phi) is 4.00. The van der Waals surface area contributed by atoms with Crippen molar-refractivity contribution >= 4 is 11.5 Å². The first kappa shape index (κ1) is 16.1. The van der Waals surface area contributed by atoms with E-state index in [2.05, 4.69) is 20.4 Å². The summed E-state index contributed by atoms with van der Waals surface area (Å²) in [5.41, 5.74) is 2.31. The standard InChI is InChI=1S/C18H12F3N5/c19-13-8-15(21)14(20)7-12(13)9-23-17-1-2-18-24-10-16(26(18)25-17)11-3-5-22-6-4-11/h1-8,10H,9H2,(H,23,25). The summed E-state index contributed by atoms with van der Waals surface area (Å²) in [5.74, 6) is -2.69. The van der Waals surface area contributed by atoms with E-state index in [0.29, 0.717) is 17.5 Å². The van der Waals surface area contributed by atoms with E-state index < -0.39 is 17.5 Å². The summed E-state index contributed by atoms with van der Waals surface area (Å²) in [6.45, 7) is -0.0408. The van der Waals surface area contributed by atoms with E-state index in [1.54, 1.807) is 35.2 Å². The van der Waals surface area contributed by atoms with Gasteiger partial charge in [0.15, 0.2) is 17.3 Å². The molecule has 0 aliphatic carbocycles. The van der Waals surface area contributed by atoms with Gasteiger partial charge in [-0.25, -0.2) is 22.7 Å². The van der Waals surface area contributed by atoms with E-state index in [1.165, 1.54) is 0 Å². The van der Waals surface area contributed by atoms with Gasteiger partial charge in [0.25, 0.3) is 0 Å². The van der Waals surface area contributed by atoms with Crippen molar-refractivity contribution in [3.8, 4) is 11.3 Å². The van der Waals surface area contributed by atoms with Crippen LogP contribution < -0.4 is 5.32 Å². The fourth-order valence-electron chi connectivity index (χ4n) is 2.57. The molecule has 0 radical (unpaired) electrons. The highest BCUT2D eigenvalue weighted by atomic mass is 19.2. The Labute approximate surface area is 146 Å². The normalized spacial score (nSPS) is 11.0. The van der Waals surface area contributed by atoms with Gasteiger partial charge in [-0.1, -0.05) is 0 Å². The van der Waals surface area contributed by atoms with Crippen LogP contribution in [-0.2, 0) is 6.54 Å². The fourth-order valence-corrected chi connectivity index (χ4v) is 2.57. The molecule has 1 N–H and O–H groups in total. The third-order valence-corrected chi connectivity index (χ3v) is 3.89. The summed E-state index contributed by atoms with van der Waals surface area (Å²) < 4.78 is 41.7. The highest BCUT2D eigenvalue weighted by Crippen LogP contribution is 2.20. The van der Waals surface area contributed by atoms with Gasteiger partial charge in [0.05, 0.1) is 11.9 Å². The zero-order valence-corrected chi connectivity index (χ0v) is 13.3. The maximum Gasteiger partial charge on any atom is 0.161 e. The lowest BCUT2D eigenvalue weighted by atomic mass is 10.2. The van der Waals surface area contributed by atoms with E-state index in [0.717, 1.165) is 17.3 Å². The molecule has 0 aliphatic heterocycles. The molecule has 0 saturated heterocycles. The van der Waals surface area contributed by atoms with Gasteiger partial charge < -0.3 is 5.32 Å². The number of hydrogen-bond acceptors (Lipinski definition) is 4. The second-order valence-electron chi connectivity index (χ2n) is 5.58. The lowest BCUT2D eigenvalue weighted by Crippen LogP contribution is -2.07. The van der Waals surface area contributed by atoms with E-state index in [1.807, 2.05) is 12.1 Å². The van der Waals surface area contributed by atoms with Crippen LogP contribution in [0.3, 0.4) is 0 Å². The van der Waals surface area contributed by atoms with Crippen LogP contribution in [0.2, 0.25) is 0 Å². The van der Waals surface area contributed by atoms with Crippen LogP contribution in [0.4, 0.5) is 19.0 Å². The fraction of sp³-hybridized carbons (Fsp3) is 0.0556. The van der Waals surface area contributed by atoms with Gasteiger partial charge in [-0.05, 0) is 30.3 Å². The Morgan fingerprint density at radius 3 is 2.50 bits per heavy atom. The third kappa shape index (κ3) is 2.97. The molecule has 0 amide bonds. The Balaban J connectivity index is 1.63. The molecule has 0 spiro atoms. The molecule has 4 rings (SSSR count). The van der Waals surface area contributed by atoms with Gasteiger partial charge >= 0.3 is 0 Å². The predicted molar refractivity (Wildman–Crippen MR) is 89.9 cm³/mol. The lowest BCUT2D eigenvalue weighted by molar-refractivity contribution is 0.490. The van der Waals surface area contributed by atoms with Crippen LogP contribution in [0.25, 0.3) is 16.9 Å². The summed E-state index contributed by atoms with van der Waals surface area (Å²) in [6, 6.07) is 8.46. The number of rotatable bonds is 4. The largest absolute Gasteiger partial charge is 0.364 e. The highest BCUT2D eigenvalue weighted by Gasteiger charge is 2.11. The molecule has 0 fully saturated rings. The summed E-state index contributed by atoms with van der Waals surface area (Å²) in [5, 5.41) is 7.34. The molecule has 4 aromatic rings. The number of nitrogens with one attached hydrogen (secondary N) is 1. The van der Waals surface area contributed by atoms with Crippen molar-refractivity contribution in [1.29, 1.82) is 0 Å². The molecular formula is C18H12F3N5. The van der Waals surface area contributed by atoms with Crippen LogP contribution in [-0.4, -0.2) is 19.6 Å². The molecule has 0 atom stereocenters. The molecule has 130 valence electrons. The zero-order chi connectivity index (χ0) is 18.1. The van der Waals surface area contributed by atoms with Gasteiger partial charge in [-0.3, -0.25) is 4.98 Å². The molecule has 8 heteroatoms. The van der Waals surface area contributed by atoms with E-state index in [4.69, 9.17) is 0 Å². The minimum atomic E-state index is -1.22.